The average Bonchev–Trinajstić information content (AvgIpc) is 3.04. The Bertz CT molecular complexity index is 814. The number of rotatable bonds is 4. The van der Waals surface area contributed by atoms with E-state index in [1.807, 2.05) is 6.07 Å². The zero-order valence-electron chi connectivity index (χ0n) is 12.5. The number of amides is 1. The summed E-state index contributed by atoms with van der Waals surface area (Å²) < 4.78 is 1.39. The number of nitrogens with zero attached hydrogens (tertiary/aromatic N) is 3. The van der Waals surface area contributed by atoms with Gasteiger partial charge in [0.25, 0.3) is 5.56 Å². The number of carbonyl (C=O) groups excluding carboxylic acids is 1. The molecular weight excluding hydrogens is 298 g/mol. The highest BCUT2D eigenvalue weighted by Gasteiger charge is 2.33. The maximum Gasteiger partial charge on any atom is 0.326 e. The number of benzene rings is 1. The summed E-state index contributed by atoms with van der Waals surface area (Å²) in [5.74, 6) is -1.21. The molecule has 0 saturated carbocycles. The molecule has 0 radical (unpaired) electrons. The minimum atomic E-state index is -0.972. The van der Waals surface area contributed by atoms with Gasteiger partial charge in [0.1, 0.15) is 6.04 Å². The summed E-state index contributed by atoms with van der Waals surface area (Å²) >= 11 is 0. The molecule has 1 aliphatic heterocycles. The molecule has 1 aliphatic rings. The molecule has 1 N–H and O–H groups in total. The lowest BCUT2D eigenvalue weighted by Gasteiger charge is -2.21. The maximum atomic E-state index is 12.3. The van der Waals surface area contributed by atoms with Gasteiger partial charge in [0, 0.05) is 19.5 Å². The van der Waals surface area contributed by atoms with Crippen LogP contribution in [0, 0.1) is 0 Å². The number of carbonyl (C=O) groups is 2. The van der Waals surface area contributed by atoms with Crippen molar-refractivity contribution in [3.63, 3.8) is 0 Å². The normalized spacial score (nSPS) is 17.6. The molecule has 2 heterocycles. The van der Waals surface area contributed by atoms with E-state index in [-0.39, 0.29) is 24.4 Å². The molecule has 3 rings (SSSR count). The Balaban J connectivity index is 1.73. The van der Waals surface area contributed by atoms with Gasteiger partial charge in [0.05, 0.1) is 17.2 Å². The molecule has 1 atom stereocenters. The molecule has 1 aromatic heterocycles. The number of hydrogen-bond acceptors (Lipinski definition) is 4. The summed E-state index contributed by atoms with van der Waals surface area (Å²) in [6.45, 7) is 0.652. The Morgan fingerprint density at radius 2 is 2.09 bits per heavy atom. The molecule has 0 spiro atoms. The van der Waals surface area contributed by atoms with E-state index in [2.05, 4.69) is 4.98 Å². The molecule has 1 aromatic carbocycles. The van der Waals surface area contributed by atoms with Gasteiger partial charge in [-0.25, -0.2) is 9.78 Å². The van der Waals surface area contributed by atoms with Crippen LogP contribution < -0.4 is 5.56 Å². The van der Waals surface area contributed by atoms with Crippen molar-refractivity contribution in [2.75, 3.05) is 6.54 Å². The van der Waals surface area contributed by atoms with Crippen LogP contribution in [0.15, 0.2) is 35.4 Å². The average molecular weight is 315 g/mol. The highest BCUT2D eigenvalue weighted by Crippen LogP contribution is 2.18. The molecule has 23 heavy (non-hydrogen) atoms. The number of aliphatic carboxylic acids is 1. The van der Waals surface area contributed by atoms with Crippen LogP contribution in [0.5, 0.6) is 0 Å². The van der Waals surface area contributed by atoms with Crippen LogP contribution in [0.3, 0.4) is 0 Å². The van der Waals surface area contributed by atoms with Crippen LogP contribution in [0.1, 0.15) is 19.3 Å². The minimum absolute atomic E-state index is 0.0870. The van der Waals surface area contributed by atoms with Gasteiger partial charge in [0.15, 0.2) is 0 Å². The van der Waals surface area contributed by atoms with Crippen LogP contribution in [0.2, 0.25) is 0 Å². The molecule has 120 valence electrons. The summed E-state index contributed by atoms with van der Waals surface area (Å²) in [6, 6.07) is 6.29. The van der Waals surface area contributed by atoms with Crippen molar-refractivity contribution in [2.24, 2.45) is 0 Å². The number of carboxylic acids is 1. The maximum absolute atomic E-state index is 12.3. The standard InChI is InChI=1S/C16H17N3O4/c20-14(19-8-3-6-13(19)16(22)23)7-9-18-10-17-12-5-2-1-4-11(12)15(18)21/h1-2,4-5,10,13H,3,6-9H2,(H,22,23). The largest absolute Gasteiger partial charge is 0.480 e. The van der Waals surface area contributed by atoms with Crippen molar-refractivity contribution < 1.29 is 14.7 Å². The Morgan fingerprint density at radius 3 is 2.87 bits per heavy atom. The van der Waals surface area contributed by atoms with Gasteiger partial charge in [-0.15, -0.1) is 0 Å². The van der Waals surface area contributed by atoms with Gasteiger partial charge >= 0.3 is 5.97 Å². The molecule has 1 amide bonds. The molecule has 0 aliphatic carbocycles. The third kappa shape index (κ3) is 2.94. The predicted molar refractivity (Wildman–Crippen MR) is 83.0 cm³/mol. The molecular formula is C16H17N3O4. The highest BCUT2D eigenvalue weighted by atomic mass is 16.4. The first-order chi connectivity index (χ1) is 11.1. The number of para-hydroxylation sites is 1. The smallest absolute Gasteiger partial charge is 0.326 e. The van der Waals surface area contributed by atoms with Crippen molar-refractivity contribution >= 4 is 22.8 Å². The Hall–Kier alpha value is -2.70. The van der Waals surface area contributed by atoms with Gasteiger partial charge in [-0.1, -0.05) is 12.1 Å². The highest BCUT2D eigenvalue weighted by molar-refractivity contribution is 5.84. The van der Waals surface area contributed by atoms with Crippen molar-refractivity contribution in [3.05, 3.63) is 40.9 Å². The molecule has 1 saturated heterocycles. The third-order valence-electron chi connectivity index (χ3n) is 4.16. The third-order valence-corrected chi connectivity index (χ3v) is 4.16. The van der Waals surface area contributed by atoms with Crippen LogP contribution in [-0.4, -0.2) is 44.0 Å². The monoisotopic (exact) mass is 315 g/mol. The summed E-state index contributed by atoms with van der Waals surface area (Å²) in [5, 5.41) is 9.63. The van der Waals surface area contributed by atoms with Crippen molar-refractivity contribution in [1.82, 2.24) is 14.5 Å². The fraction of sp³-hybridized carbons (Fsp3) is 0.375. The van der Waals surface area contributed by atoms with Gasteiger partial charge in [-0.05, 0) is 25.0 Å². The fourth-order valence-corrected chi connectivity index (χ4v) is 2.95. The summed E-state index contributed by atoms with van der Waals surface area (Å²) in [6.07, 6.45) is 2.69. The molecule has 0 bridgehead atoms. The number of fused-ring (bicyclic) bond motifs is 1. The number of hydrogen-bond donors (Lipinski definition) is 1. The Morgan fingerprint density at radius 1 is 1.30 bits per heavy atom. The SMILES string of the molecule is O=C(O)C1CCCN1C(=O)CCn1cnc2ccccc2c1=O. The lowest BCUT2D eigenvalue weighted by Crippen LogP contribution is -2.41. The lowest BCUT2D eigenvalue weighted by molar-refractivity contribution is -0.148. The van der Waals surface area contributed by atoms with Crippen LogP contribution >= 0.6 is 0 Å². The van der Waals surface area contributed by atoms with Crippen LogP contribution in [0.25, 0.3) is 10.9 Å². The van der Waals surface area contributed by atoms with Crippen LogP contribution in [-0.2, 0) is 16.1 Å². The van der Waals surface area contributed by atoms with E-state index in [1.165, 1.54) is 15.8 Å². The van der Waals surface area contributed by atoms with Crippen molar-refractivity contribution in [2.45, 2.75) is 31.8 Å². The first kappa shape index (κ1) is 15.2. The number of aromatic nitrogens is 2. The molecule has 7 heteroatoms. The topological polar surface area (TPSA) is 92.5 Å². The fourth-order valence-electron chi connectivity index (χ4n) is 2.95. The van der Waals surface area contributed by atoms with E-state index >= 15 is 0 Å². The second-order valence-electron chi connectivity index (χ2n) is 5.59. The molecule has 2 aromatic rings. The zero-order valence-corrected chi connectivity index (χ0v) is 12.5. The second kappa shape index (κ2) is 6.20. The Kier molecular flexibility index (Phi) is 4.10. The number of aryl methyl sites for hydroxylation is 1. The summed E-state index contributed by atoms with van der Waals surface area (Å²) in [4.78, 5) is 41.3. The molecule has 1 unspecified atom stereocenters. The van der Waals surface area contributed by atoms with E-state index < -0.39 is 12.0 Å². The first-order valence-corrected chi connectivity index (χ1v) is 7.54. The van der Waals surface area contributed by atoms with Crippen molar-refractivity contribution in [1.29, 1.82) is 0 Å². The van der Waals surface area contributed by atoms with Gasteiger partial charge in [0.2, 0.25) is 5.91 Å². The quantitative estimate of drug-likeness (QED) is 0.903. The second-order valence-corrected chi connectivity index (χ2v) is 5.59. The van der Waals surface area contributed by atoms with E-state index in [4.69, 9.17) is 5.11 Å². The van der Waals surface area contributed by atoms with Crippen LogP contribution in [0.4, 0.5) is 0 Å². The Labute approximate surface area is 132 Å². The predicted octanol–water partition coefficient (Wildman–Crippen LogP) is 0.862. The molecule has 7 nitrogen and oxygen atoms in total. The van der Waals surface area contributed by atoms with Gasteiger partial charge in [-0.2, -0.15) is 0 Å². The lowest BCUT2D eigenvalue weighted by atomic mass is 10.2. The zero-order chi connectivity index (χ0) is 16.4. The van der Waals surface area contributed by atoms with E-state index in [0.29, 0.717) is 30.3 Å². The number of likely N-dealkylation sites (tertiary alicyclic amines) is 1. The summed E-state index contributed by atoms with van der Waals surface area (Å²) in [7, 11) is 0. The molecule has 1 fully saturated rings. The summed E-state index contributed by atoms with van der Waals surface area (Å²) in [5.41, 5.74) is 0.421. The van der Waals surface area contributed by atoms with Gasteiger partial charge in [-0.3, -0.25) is 14.2 Å². The van der Waals surface area contributed by atoms with Gasteiger partial charge < -0.3 is 10.0 Å². The van der Waals surface area contributed by atoms with Crippen molar-refractivity contribution in [3.8, 4) is 0 Å². The van der Waals surface area contributed by atoms with E-state index in [1.54, 1.807) is 18.2 Å². The van der Waals surface area contributed by atoms with E-state index in [0.717, 1.165) is 0 Å². The van der Waals surface area contributed by atoms with E-state index in [9.17, 15) is 14.4 Å². The first-order valence-electron chi connectivity index (χ1n) is 7.54. The minimum Gasteiger partial charge on any atom is -0.480 e. The number of carboxylic acid groups (broad SMARTS) is 1.